The molecular weight excluding hydrogens is 486 g/mol. The first-order valence-electron chi connectivity index (χ1n) is 10.9. The van der Waals surface area contributed by atoms with E-state index in [2.05, 4.69) is 15.3 Å². The van der Waals surface area contributed by atoms with Crippen molar-refractivity contribution in [2.24, 2.45) is 11.8 Å². The molecule has 3 aromatic rings. The highest BCUT2D eigenvalue weighted by Crippen LogP contribution is 2.42. The molecule has 3 heterocycles. The van der Waals surface area contributed by atoms with E-state index in [1.165, 1.54) is 6.20 Å². The Labute approximate surface area is 201 Å². The van der Waals surface area contributed by atoms with Crippen LogP contribution in [0.15, 0.2) is 36.5 Å². The predicted octanol–water partition coefficient (Wildman–Crippen LogP) is 4.72. The standard InChI is InChI=1S/C22H27ClFN4O5P/c1-12-13(2)21(33-17(12)10-32-11-34(29,30)31)28-9-16(24)18-19(26-22(23)27-20(18)28)25-14(3)15-7-5-4-6-8-15/h4-9,12-14,17,21H,10-11H2,1-3H3,(H,25,26,27)(H2,29,30,31)/t12-,13+,14-,17-,21+/m0/s1. The Morgan fingerprint density at radius 1 is 1.26 bits per heavy atom. The van der Waals surface area contributed by atoms with Gasteiger partial charge in [0, 0.05) is 18.2 Å². The number of anilines is 1. The van der Waals surface area contributed by atoms with Crippen LogP contribution in [-0.4, -0.2) is 43.4 Å². The summed E-state index contributed by atoms with van der Waals surface area (Å²) < 4.78 is 39.2. The Balaban J connectivity index is 1.62. The van der Waals surface area contributed by atoms with Crippen LogP contribution in [0.2, 0.25) is 5.28 Å². The Morgan fingerprint density at radius 2 is 1.97 bits per heavy atom. The number of halogens is 2. The van der Waals surface area contributed by atoms with Gasteiger partial charge in [-0.15, -0.1) is 0 Å². The lowest BCUT2D eigenvalue weighted by molar-refractivity contribution is -0.0461. The van der Waals surface area contributed by atoms with Gasteiger partial charge in [0.25, 0.3) is 0 Å². The van der Waals surface area contributed by atoms with Gasteiger partial charge in [-0.25, -0.2) is 4.39 Å². The molecule has 3 N–H and O–H groups in total. The summed E-state index contributed by atoms with van der Waals surface area (Å²) in [6.45, 7) is 5.86. The van der Waals surface area contributed by atoms with Crippen LogP contribution < -0.4 is 5.32 Å². The molecule has 0 spiro atoms. The maximum Gasteiger partial charge on any atom is 0.350 e. The number of benzene rings is 1. The lowest BCUT2D eigenvalue weighted by atomic mass is 9.93. The molecule has 1 saturated heterocycles. The SMILES string of the molecule is C[C@@H]1[C@H](C)[C@H](COCP(=O)(O)O)O[C@H]1n1cc(F)c2c(N[C@@H](C)c3ccccc3)nc(Cl)nc21. The fourth-order valence-corrected chi connectivity index (χ4v) is 4.74. The molecule has 0 amide bonds. The van der Waals surface area contributed by atoms with Crippen LogP contribution >= 0.6 is 19.2 Å². The van der Waals surface area contributed by atoms with Crippen LogP contribution in [0.5, 0.6) is 0 Å². The van der Waals surface area contributed by atoms with E-state index in [9.17, 15) is 4.57 Å². The minimum absolute atomic E-state index is 0.00589. The van der Waals surface area contributed by atoms with Crippen LogP contribution in [0.1, 0.15) is 38.6 Å². The van der Waals surface area contributed by atoms with Gasteiger partial charge in [-0.05, 0) is 30.0 Å². The normalized spacial score (nSPS) is 24.0. The third kappa shape index (κ3) is 5.27. The van der Waals surface area contributed by atoms with E-state index in [1.807, 2.05) is 51.1 Å². The van der Waals surface area contributed by atoms with Crippen molar-refractivity contribution in [2.45, 2.75) is 39.1 Å². The molecule has 4 rings (SSSR count). The summed E-state index contributed by atoms with van der Waals surface area (Å²) in [5.74, 6) is -0.316. The molecule has 1 aliphatic heterocycles. The van der Waals surface area contributed by atoms with Crippen LogP contribution in [0.25, 0.3) is 11.0 Å². The molecule has 0 bridgehead atoms. The van der Waals surface area contributed by atoms with Crippen molar-refractivity contribution < 1.29 is 28.2 Å². The lowest BCUT2D eigenvalue weighted by Crippen LogP contribution is -2.22. The molecule has 2 aromatic heterocycles. The molecule has 0 aliphatic carbocycles. The van der Waals surface area contributed by atoms with E-state index >= 15 is 4.39 Å². The van der Waals surface area contributed by atoms with Crippen molar-refractivity contribution in [3.8, 4) is 0 Å². The maximum absolute atomic E-state index is 15.2. The van der Waals surface area contributed by atoms with Gasteiger partial charge in [0.05, 0.1) is 18.1 Å². The van der Waals surface area contributed by atoms with Crippen molar-refractivity contribution in [3.63, 3.8) is 0 Å². The fraction of sp³-hybridized carbons (Fsp3) is 0.455. The average Bonchev–Trinajstić information content (AvgIpc) is 3.24. The van der Waals surface area contributed by atoms with Gasteiger partial charge in [-0.3, -0.25) is 4.57 Å². The quantitative estimate of drug-likeness (QED) is 0.293. The number of aromatic nitrogens is 3. The molecule has 5 atom stereocenters. The highest BCUT2D eigenvalue weighted by Gasteiger charge is 2.41. The molecule has 34 heavy (non-hydrogen) atoms. The zero-order valence-corrected chi connectivity index (χ0v) is 20.6. The maximum atomic E-state index is 15.2. The van der Waals surface area contributed by atoms with Gasteiger partial charge in [0.1, 0.15) is 18.4 Å². The predicted molar refractivity (Wildman–Crippen MR) is 126 cm³/mol. The minimum Gasteiger partial charge on any atom is -0.366 e. The van der Waals surface area contributed by atoms with Gasteiger partial charge in [0.2, 0.25) is 5.28 Å². The summed E-state index contributed by atoms with van der Waals surface area (Å²) in [7, 11) is -4.28. The summed E-state index contributed by atoms with van der Waals surface area (Å²) >= 11 is 6.21. The Kier molecular flexibility index (Phi) is 7.28. The van der Waals surface area contributed by atoms with E-state index in [-0.39, 0.29) is 41.0 Å². The van der Waals surface area contributed by atoms with Crippen LogP contribution in [-0.2, 0) is 14.0 Å². The fourth-order valence-electron chi connectivity index (χ4n) is 4.23. The number of hydrogen-bond donors (Lipinski definition) is 3. The summed E-state index contributed by atoms with van der Waals surface area (Å²) in [5, 5.41) is 3.41. The summed E-state index contributed by atoms with van der Waals surface area (Å²) in [5.41, 5.74) is 1.30. The number of rotatable bonds is 8. The topological polar surface area (TPSA) is 119 Å². The first kappa shape index (κ1) is 25.0. The summed E-state index contributed by atoms with van der Waals surface area (Å²) in [6, 6.07) is 9.53. The minimum atomic E-state index is -4.28. The van der Waals surface area contributed by atoms with Gasteiger partial charge < -0.3 is 29.1 Å². The first-order chi connectivity index (χ1) is 16.0. The Hall–Kier alpha value is -2.07. The Morgan fingerprint density at radius 3 is 2.65 bits per heavy atom. The van der Waals surface area contributed by atoms with Crippen LogP contribution in [0.3, 0.4) is 0 Å². The van der Waals surface area contributed by atoms with Crippen molar-refractivity contribution >= 4 is 36.0 Å². The molecule has 1 aliphatic rings. The second-order valence-corrected chi connectivity index (χ2v) is 10.6. The van der Waals surface area contributed by atoms with E-state index in [0.717, 1.165) is 5.56 Å². The molecule has 1 aromatic carbocycles. The first-order valence-corrected chi connectivity index (χ1v) is 13.1. The zero-order valence-electron chi connectivity index (χ0n) is 18.9. The van der Waals surface area contributed by atoms with Gasteiger partial charge in [-0.1, -0.05) is 44.2 Å². The zero-order chi connectivity index (χ0) is 24.6. The molecule has 184 valence electrons. The van der Waals surface area contributed by atoms with E-state index < -0.39 is 32.1 Å². The van der Waals surface area contributed by atoms with Gasteiger partial charge >= 0.3 is 7.60 Å². The molecule has 9 nitrogen and oxygen atoms in total. The van der Waals surface area contributed by atoms with Crippen molar-refractivity contribution in [1.82, 2.24) is 14.5 Å². The second-order valence-electron chi connectivity index (χ2n) is 8.65. The highest BCUT2D eigenvalue weighted by atomic mass is 35.5. The third-order valence-corrected chi connectivity index (χ3v) is 6.93. The average molecular weight is 513 g/mol. The molecule has 12 heteroatoms. The molecule has 0 saturated carbocycles. The molecule has 1 fully saturated rings. The van der Waals surface area contributed by atoms with Crippen LogP contribution in [0.4, 0.5) is 10.2 Å². The van der Waals surface area contributed by atoms with E-state index in [1.54, 1.807) is 4.57 Å². The highest BCUT2D eigenvalue weighted by molar-refractivity contribution is 7.51. The van der Waals surface area contributed by atoms with Crippen LogP contribution in [0, 0.1) is 17.7 Å². The van der Waals surface area contributed by atoms with Crippen molar-refractivity contribution in [1.29, 1.82) is 0 Å². The number of fused-ring (bicyclic) bond motifs is 1. The number of hydrogen-bond acceptors (Lipinski definition) is 6. The summed E-state index contributed by atoms with van der Waals surface area (Å²) in [6.07, 6.45) is -0.367. The van der Waals surface area contributed by atoms with Gasteiger partial charge in [0.15, 0.2) is 11.5 Å². The van der Waals surface area contributed by atoms with Gasteiger partial charge in [-0.2, -0.15) is 9.97 Å². The monoisotopic (exact) mass is 512 g/mol. The Bertz CT molecular complexity index is 1210. The number of nitrogens with one attached hydrogen (secondary N) is 1. The smallest absolute Gasteiger partial charge is 0.350 e. The number of ether oxygens (including phenoxy) is 2. The molecule has 0 unspecified atom stereocenters. The second kappa shape index (κ2) is 9.89. The van der Waals surface area contributed by atoms with E-state index in [4.69, 9.17) is 30.9 Å². The van der Waals surface area contributed by atoms with E-state index in [0.29, 0.717) is 5.65 Å². The summed E-state index contributed by atoms with van der Waals surface area (Å²) in [4.78, 5) is 26.5. The molecular formula is C22H27ClFN4O5P. The number of nitrogens with zero attached hydrogens (tertiary/aromatic N) is 3. The third-order valence-electron chi connectivity index (χ3n) is 6.25. The lowest BCUT2D eigenvalue weighted by Gasteiger charge is -2.19. The molecule has 0 radical (unpaired) electrons. The largest absolute Gasteiger partial charge is 0.366 e. The van der Waals surface area contributed by atoms with Crippen molar-refractivity contribution in [2.75, 3.05) is 18.3 Å². The van der Waals surface area contributed by atoms with Crippen molar-refractivity contribution in [3.05, 3.63) is 53.2 Å².